The molecule has 2 aromatic rings. The second kappa shape index (κ2) is 9.38. The monoisotopic (exact) mass is 317 g/mol. The average molecular weight is 317 g/mol. The van der Waals surface area contributed by atoms with Crippen LogP contribution >= 0.6 is 11.3 Å². The number of thiophene rings is 1. The van der Waals surface area contributed by atoms with Gasteiger partial charge in [-0.2, -0.15) is 0 Å². The molecule has 0 bridgehead atoms. The molecule has 0 aliphatic carbocycles. The molecule has 1 aromatic carbocycles. The number of carbonyl (C=O) groups excluding carboxylic acids is 1. The molecule has 0 fully saturated rings. The van der Waals surface area contributed by atoms with Crippen LogP contribution in [0.2, 0.25) is 0 Å². The second-order valence-electron chi connectivity index (χ2n) is 5.12. The summed E-state index contributed by atoms with van der Waals surface area (Å²) in [5.74, 6) is 0.114. The van der Waals surface area contributed by atoms with Gasteiger partial charge >= 0.3 is 0 Å². The molecule has 0 aliphatic rings. The number of benzene rings is 1. The van der Waals surface area contributed by atoms with Crippen LogP contribution < -0.4 is 5.32 Å². The van der Waals surface area contributed by atoms with E-state index in [1.54, 1.807) is 11.3 Å². The van der Waals surface area contributed by atoms with Crippen molar-refractivity contribution in [3.8, 4) is 0 Å². The lowest BCUT2D eigenvalue weighted by Crippen LogP contribution is -2.23. The lowest BCUT2D eigenvalue weighted by atomic mass is 10.1. The van der Waals surface area contributed by atoms with Crippen molar-refractivity contribution in [3.63, 3.8) is 0 Å². The van der Waals surface area contributed by atoms with Crippen LogP contribution in [0, 0.1) is 0 Å². The highest BCUT2D eigenvalue weighted by atomic mass is 32.1. The van der Waals surface area contributed by atoms with Gasteiger partial charge < -0.3 is 10.1 Å². The molecule has 1 N–H and O–H groups in total. The zero-order valence-electron chi connectivity index (χ0n) is 13.0. The van der Waals surface area contributed by atoms with Crippen LogP contribution in [-0.2, 0) is 29.1 Å². The molecular weight excluding hydrogens is 294 g/mol. The van der Waals surface area contributed by atoms with Crippen molar-refractivity contribution in [1.82, 2.24) is 5.32 Å². The number of carbonyl (C=O) groups is 1. The Bertz CT molecular complexity index is 566. The predicted octanol–water partition coefficient (Wildman–Crippen LogP) is 3.92. The highest BCUT2D eigenvalue weighted by Crippen LogP contribution is 2.12. The van der Waals surface area contributed by atoms with E-state index in [1.165, 1.54) is 4.88 Å². The zero-order valence-corrected chi connectivity index (χ0v) is 13.8. The fourth-order valence-electron chi connectivity index (χ4n) is 2.24. The standard InChI is InChI=1S/C18H23NO2S/c1-2-21-14-16-8-4-3-7-15(16)13-19-18(20)11-5-9-17-10-6-12-22-17/h3-4,6-8,10,12H,2,5,9,11,13-14H2,1H3,(H,19,20). The Kier molecular flexibility index (Phi) is 7.13. The second-order valence-corrected chi connectivity index (χ2v) is 6.15. The number of hydrogen-bond donors (Lipinski definition) is 1. The maximum Gasteiger partial charge on any atom is 0.220 e. The third-order valence-electron chi connectivity index (χ3n) is 3.46. The van der Waals surface area contributed by atoms with Gasteiger partial charge in [0, 0.05) is 24.4 Å². The van der Waals surface area contributed by atoms with E-state index >= 15 is 0 Å². The summed E-state index contributed by atoms with van der Waals surface area (Å²) in [5.41, 5.74) is 2.27. The summed E-state index contributed by atoms with van der Waals surface area (Å²) < 4.78 is 5.46. The molecule has 1 heterocycles. The van der Waals surface area contributed by atoms with E-state index < -0.39 is 0 Å². The van der Waals surface area contributed by atoms with E-state index in [0.717, 1.165) is 24.0 Å². The van der Waals surface area contributed by atoms with Crippen LogP contribution in [-0.4, -0.2) is 12.5 Å². The van der Waals surface area contributed by atoms with Crippen LogP contribution in [0.3, 0.4) is 0 Å². The first-order valence-corrected chi connectivity index (χ1v) is 8.61. The van der Waals surface area contributed by atoms with Gasteiger partial charge in [0.1, 0.15) is 0 Å². The van der Waals surface area contributed by atoms with Gasteiger partial charge in [-0.05, 0) is 42.3 Å². The van der Waals surface area contributed by atoms with E-state index in [2.05, 4.69) is 22.8 Å². The summed E-state index contributed by atoms with van der Waals surface area (Å²) in [4.78, 5) is 13.3. The number of aryl methyl sites for hydroxylation is 1. The zero-order chi connectivity index (χ0) is 15.6. The fourth-order valence-corrected chi connectivity index (χ4v) is 2.99. The largest absolute Gasteiger partial charge is 0.377 e. The fraction of sp³-hybridized carbons (Fsp3) is 0.389. The average Bonchev–Trinajstić information content (AvgIpc) is 3.05. The lowest BCUT2D eigenvalue weighted by Gasteiger charge is -2.10. The van der Waals surface area contributed by atoms with E-state index in [-0.39, 0.29) is 5.91 Å². The summed E-state index contributed by atoms with van der Waals surface area (Å²) in [6, 6.07) is 12.3. The molecule has 4 heteroatoms. The highest BCUT2D eigenvalue weighted by Gasteiger charge is 2.05. The van der Waals surface area contributed by atoms with Gasteiger partial charge in [-0.25, -0.2) is 0 Å². The smallest absolute Gasteiger partial charge is 0.220 e. The van der Waals surface area contributed by atoms with Crippen LogP contribution in [0.15, 0.2) is 41.8 Å². The topological polar surface area (TPSA) is 38.3 Å². The molecule has 0 saturated carbocycles. The maximum absolute atomic E-state index is 11.9. The minimum Gasteiger partial charge on any atom is -0.377 e. The number of hydrogen-bond acceptors (Lipinski definition) is 3. The molecule has 0 spiro atoms. The van der Waals surface area contributed by atoms with Crippen molar-refractivity contribution in [1.29, 1.82) is 0 Å². The quantitative estimate of drug-likeness (QED) is 0.761. The third kappa shape index (κ3) is 5.62. The number of ether oxygens (including phenoxy) is 1. The van der Waals surface area contributed by atoms with Crippen molar-refractivity contribution in [2.24, 2.45) is 0 Å². The number of amides is 1. The molecule has 0 atom stereocenters. The van der Waals surface area contributed by atoms with Gasteiger partial charge in [0.25, 0.3) is 0 Å². The Morgan fingerprint density at radius 3 is 2.73 bits per heavy atom. The molecule has 0 radical (unpaired) electrons. The van der Waals surface area contributed by atoms with Crippen molar-refractivity contribution in [2.45, 2.75) is 39.3 Å². The summed E-state index contributed by atoms with van der Waals surface area (Å²) in [5, 5.41) is 5.08. The summed E-state index contributed by atoms with van der Waals surface area (Å²) in [7, 11) is 0. The molecule has 3 nitrogen and oxygen atoms in total. The van der Waals surface area contributed by atoms with Crippen molar-refractivity contribution in [3.05, 3.63) is 57.8 Å². The molecule has 22 heavy (non-hydrogen) atoms. The molecule has 0 aliphatic heterocycles. The van der Waals surface area contributed by atoms with Crippen molar-refractivity contribution >= 4 is 17.2 Å². The van der Waals surface area contributed by atoms with Crippen LogP contribution in [0.5, 0.6) is 0 Å². The molecule has 118 valence electrons. The Hall–Kier alpha value is -1.65. The van der Waals surface area contributed by atoms with Gasteiger partial charge in [0.2, 0.25) is 5.91 Å². The van der Waals surface area contributed by atoms with E-state index in [0.29, 0.717) is 26.2 Å². The van der Waals surface area contributed by atoms with Crippen LogP contribution in [0.4, 0.5) is 0 Å². The van der Waals surface area contributed by atoms with Gasteiger partial charge in [0.05, 0.1) is 6.61 Å². The SMILES string of the molecule is CCOCc1ccccc1CNC(=O)CCCc1cccs1. The molecule has 2 rings (SSSR count). The Labute approximate surface area is 136 Å². The number of rotatable bonds is 9. The van der Waals surface area contributed by atoms with Crippen molar-refractivity contribution in [2.75, 3.05) is 6.61 Å². The van der Waals surface area contributed by atoms with Crippen molar-refractivity contribution < 1.29 is 9.53 Å². The first-order valence-electron chi connectivity index (χ1n) is 7.73. The highest BCUT2D eigenvalue weighted by molar-refractivity contribution is 7.09. The lowest BCUT2D eigenvalue weighted by molar-refractivity contribution is -0.121. The Balaban J connectivity index is 1.73. The third-order valence-corrected chi connectivity index (χ3v) is 4.40. The summed E-state index contributed by atoms with van der Waals surface area (Å²) >= 11 is 1.75. The predicted molar refractivity (Wildman–Crippen MR) is 90.9 cm³/mol. The Morgan fingerprint density at radius 1 is 1.18 bits per heavy atom. The van der Waals surface area contributed by atoms with Gasteiger partial charge in [0.15, 0.2) is 0 Å². The normalized spacial score (nSPS) is 10.6. The first-order chi connectivity index (χ1) is 10.8. The summed E-state index contributed by atoms with van der Waals surface area (Å²) in [6.07, 6.45) is 2.45. The number of nitrogens with one attached hydrogen (secondary N) is 1. The van der Waals surface area contributed by atoms with E-state index in [9.17, 15) is 4.79 Å². The van der Waals surface area contributed by atoms with Gasteiger partial charge in [-0.15, -0.1) is 11.3 Å². The maximum atomic E-state index is 11.9. The minimum atomic E-state index is 0.114. The minimum absolute atomic E-state index is 0.114. The molecular formula is C18H23NO2S. The van der Waals surface area contributed by atoms with Crippen LogP contribution in [0.1, 0.15) is 35.8 Å². The van der Waals surface area contributed by atoms with Gasteiger partial charge in [-0.1, -0.05) is 30.3 Å². The van der Waals surface area contributed by atoms with Crippen LogP contribution in [0.25, 0.3) is 0 Å². The van der Waals surface area contributed by atoms with E-state index in [4.69, 9.17) is 4.74 Å². The molecule has 1 aromatic heterocycles. The van der Waals surface area contributed by atoms with Gasteiger partial charge in [-0.3, -0.25) is 4.79 Å². The van der Waals surface area contributed by atoms with E-state index in [1.807, 2.05) is 31.2 Å². The summed E-state index contributed by atoms with van der Waals surface area (Å²) in [6.45, 7) is 3.85. The molecule has 0 unspecified atom stereocenters. The first kappa shape index (κ1) is 16.7. The molecule has 0 saturated heterocycles. The Morgan fingerprint density at radius 2 is 2.00 bits per heavy atom. The molecule has 1 amide bonds.